The molecule has 0 aliphatic carbocycles. The van der Waals surface area contributed by atoms with Crippen LogP contribution in [0.2, 0.25) is 0 Å². The summed E-state index contributed by atoms with van der Waals surface area (Å²) in [6, 6.07) is 8.70. The predicted octanol–water partition coefficient (Wildman–Crippen LogP) is 4.24. The molecule has 1 aromatic carbocycles. The molecule has 0 amide bonds. The van der Waals surface area contributed by atoms with E-state index in [1.54, 1.807) is 0 Å². The number of unbranched alkanes of at least 4 members (excludes halogenated alkanes) is 2. The second-order valence-corrected chi connectivity index (χ2v) is 6.02. The largest absolute Gasteiger partial charge is 0.372 e. The van der Waals surface area contributed by atoms with Gasteiger partial charge in [-0.2, -0.15) is 0 Å². The minimum atomic E-state index is 0.756. The van der Waals surface area contributed by atoms with Gasteiger partial charge in [0.2, 0.25) is 0 Å². The Kier molecular flexibility index (Phi) is 8.36. The molecule has 2 nitrogen and oxygen atoms in total. The van der Waals surface area contributed by atoms with Crippen LogP contribution in [0.3, 0.4) is 0 Å². The van der Waals surface area contributed by atoms with Crippen molar-refractivity contribution in [3.8, 4) is 0 Å². The van der Waals surface area contributed by atoms with Crippen molar-refractivity contribution in [2.75, 3.05) is 31.1 Å². The molecule has 0 saturated carbocycles. The third kappa shape index (κ3) is 6.42. The molecule has 2 heteroatoms. The molecule has 0 aromatic heterocycles. The summed E-state index contributed by atoms with van der Waals surface area (Å²) in [5.41, 5.74) is 2.78. The Bertz CT molecular complexity index is 360. The van der Waals surface area contributed by atoms with Gasteiger partial charge in [-0.15, -0.1) is 0 Å². The van der Waals surface area contributed by atoms with Crippen molar-refractivity contribution >= 4 is 5.69 Å². The van der Waals surface area contributed by atoms with Gasteiger partial charge in [0.1, 0.15) is 0 Å². The van der Waals surface area contributed by atoms with E-state index in [0.29, 0.717) is 0 Å². The van der Waals surface area contributed by atoms with E-state index < -0.39 is 0 Å². The minimum absolute atomic E-state index is 0.756. The smallest absolute Gasteiger partial charge is 0.0395 e. The topological polar surface area (TPSA) is 15.3 Å². The van der Waals surface area contributed by atoms with Crippen LogP contribution < -0.4 is 10.2 Å². The van der Waals surface area contributed by atoms with Crippen LogP contribution in [0.5, 0.6) is 0 Å². The molecule has 0 unspecified atom stereocenters. The van der Waals surface area contributed by atoms with E-state index in [2.05, 4.69) is 62.2 Å². The second kappa shape index (κ2) is 9.82. The van der Waals surface area contributed by atoms with Crippen molar-refractivity contribution in [2.45, 2.75) is 47.0 Å². The lowest BCUT2D eigenvalue weighted by Gasteiger charge is -2.25. The zero-order valence-corrected chi connectivity index (χ0v) is 13.8. The quantitative estimate of drug-likeness (QED) is 0.643. The fourth-order valence-corrected chi connectivity index (χ4v) is 2.49. The van der Waals surface area contributed by atoms with Crippen molar-refractivity contribution in [1.29, 1.82) is 0 Å². The molecule has 114 valence electrons. The molecule has 0 radical (unpaired) electrons. The highest BCUT2D eigenvalue weighted by molar-refractivity contribution is 5.52. The summed E-state index contributed by atoms with van der Waals surface area (Å²) in [6.07, 6.45) is 3.89. The maximum Gasteiger partial charge on any atom is 0.0395 e. The van der Waals surface area contributed by atoms with Gasteiger partial charge in [0.25, 0.3) is 0 Å². The van der Waals surface area contributed by atoms with Gasteiger partial charge in [-0.05, 0) is 57.3 Å². The Hall–Kier alpha value is -1.02. The van der Waals surface area contributed by atoms with Crippen LogP contribution >= 0.6 is 0 Å². The summed E-state index contributed by atoms with van der Waals surface area (Å²) in [4.78, 5) is 2.50. The van der Waals surface area contributed by atoms with E-state index >= 15 is 0 Å². The van der Waals surface area contributed by atoms with Crippen LogP contribution in [0.25, 0.3) is 0 Å². The highest BCUT2D eigenvalue weighted by Gasteiger charge is 2.05. The number of hydrogen-bond donors (Lipinski definition) is 1. The fourth-order valence-electron chi connectivity index (χ4n) is 2.49. The summed E-state index contributed by atoms with van der Waals surface area (Å²) in [7, 11) is 0. The zero-order chi connectivity index (χ0) is 14.8. The van der Waals surface area contributed by atoms with Crippen LogP contribution in [0.1, 0.15) is 45.6 Å². The number of aryl methyl sites for hydroxylation is 1. The molecule has 0 spiro atoms. The average Bonchev–Trinajstić information content (AvgIpc) is 2.43. The molecule has 0 atom stereocenters. The first-order valence-electron chi connectivity index (χ1n) is 8.16. The van der Waals surface area contributed by atoms with Crippen molar-refractivity contribution < 1.29 is 0 Å². The number of nitrogens with zero attached hydrogens (tertiary/aromatic N) is 1. The van der Waals surface area contributed by atoms with Gasteiger partial charge in [0.15, 0.2) is 0 Å². The van der Waals surface area contributed by atoms with E-state index in [-0.39, 0.29) is 0 Å². The van der Waals surface area contributed by atoms with Gasteiger partial charge in [-0.25, -0.2) is 0 Å². The normalized spacial score (nSPS) is 11.1. The van der Waals surface area contributed by atoms with Gasteiger partial charge >= 0.3 is 0 Å². The highest BCUT2D eigenvalue weighted by Crippen LogP contribution is 2.19. The fraction of sp³-hybridized carbons (Fsp3) is 0.667. The molecule has 20 heavy (non-hydrogen) atoms. The summed E-state index contributed by atoms with van der Waals surface area (Å²) in [6.45, 7) is 13.5. The first-order chi connectivity index (χ1) is 9.65. The SMILES string of the molecule is CCN(CCCCCNCC(C)C)c1ccccc1C. The maximum atomic E-state index is 3.51. The monoisotopic (exact) mass is 276 g/mol. The Labute approximate surface area is 125 Å². The molecule has 1 aromatic rings. The van der Waals surface area contributed by atoms with Crippen molar-refractivity contribution in [3.05, 3.63) is 29.8 Å². The van der Waals surface area contributed by atoms with E-state index in [1.807, 2.05) is 0 Å². The maximum absolute atomic E-state index is 3.51. The molecule has 1 rings (SSSR count). The Morgan fingerprint density at radius 2 is 1.85 bits per heavy atom. The first-order valence-corrected chi connectivity index (χ1v) is 8.16. The van der Waals surface area contributed by atoms with E-state index in [9.17, 15) is 0 Å². The molecule has 0 aliphatic heterocycles. The van der Waals surface area contributed by atoms with Crippen molar-refractivity contribution in [1.82, 2.24) is 5.32 Å². The Morgan fingerprint density at radius 3 is 2.50 bits per heavy atom. The third-order valence-electron chi connectivity index (χ3n) is 3.67. The van der Waals surface area contributed by atoms with Gasteiger partial charge in [-0.1, -0.05) is 38.5 Å². The molecular formula is C18H32N2. The second-order valence-electron chi connectivity index (χ2n) is 6.02. The number of anilines is 1. The van der Waals surface area contributed by atoms with Gasteiger partial charge in [0.05, 0.1) is 0 Å². The summed E-state index contributed by atoms with van der Waals surface area (Å²) in [5.74, 6) is 0.756. The molecule has 0 aliphatic rings. The number of para-hydroxylation sites is 1. The lowest BCUT2D eigenvalue weighted by Crippen LogP contribution is -2.25. The first kappa shape index (κ1) is 17.0. The molecule has 0 bridgehead atoms. The minimum Gasteiger partial charge on any atom is -0.372 e. The van der Waals surface area contributed by atoms with Crippen LogP contribution in [0.15, 0.2) is 24.3 Å². The van der Waals surface area contributed by atoms with E-state index in [4.69, 9.17) is 0 Å². The van der Waals surface area contributed by atoms with Gasteiger partial charge in [0, 0.05) is 18.8 Å². The zero-order valence-electron chi connectivity index (χ0n) is 13.8. The van der Waals surface area contributed by atoms with E-state index in [1.165, 1.54) is 37.1 Å². The van der Waals surface area contributed by atoms with Crippen LogP contribution in [0.4, 0.5) is 5.69 Å². The number of rotatable bonds is 10. The third-order valence-corrected chi connectivity index (χ3v) is 3.67. The number of hydrogen-bond acceptors (Lipinski definition) is 2. The predicted molar refractivity (Wildman–Crippen MR) is 90.6 cm³/mol. The lowest BCUT2D eigenvalue weighted by atomic mass is 10.1. The molecule has 1 N–H and O–H groups in total. The van der Waals surface area contributed by atoms with Crippen molar-refractivity contribution in [3.63, 3.8) is 0 Å². The summed E-state index contributed by atoms with van der Waals surface area (Å²) < 4.78 is 0. The molecule has 0 fully saturated rings. The van der Waals surface area contributed by atoms with Gasteiger partial charge < -0.3 is 10.2 Å². The summed E-state index contributed by atoms with van der Waals surface area (Å²) >= 11 is 0. The highest BCUT2D eigenvalue weighted by atomic mass is 15.1. The Morgan fingerprint density at radius 1 is 1.10 bits per heavy atom. The van der Waals surface area contributed by atoms with Crippen LogP contribution in [-0.2, 0) is 0 Å². The molecule has 0 heterocycles. The van der Waals surface area contributed by atoms with Crippen LogP contribution in [0, 0.1) is 12.8 Å². The summed E-state index contributed by atoms with van der Waals surface area (Å²) in [5, 5.41) is 3.51. The number of nitrogens with one attached hydrogen (secondary N) is 1. The van der Waals surface area contributed by atoms with Crippen molar-refractivity contribution in [2.24, 2.45) is 5.92 Å². The van der Waals surface area contributed by atoms with Crippen LogP contribution in [-0.4, -0.2) is 26.2 Å². The lowest BCUT2D eigenvalue weighted by molar-refractivity contribution is 0.529. The van der Waals surface area contributed by atoms with E-state index in [0.717, 1.165) is 25.6 Å². The average molecular weight is 276 g/mol. The molecular weight excluding hydrogens is 244 g/mol. The molecule has 0 saturated heterocycles. The number of benzene rings is 1. The van der Waals surface area contributed by atoms with Gasteiger partial charge in [-0.3, -0.25) is 0 Å². The Balaban J connectivity index is 2.21. The standard InChI is InChI=1S/C18H32N2/c1-5-20(18-12-8-7-11-17(18)4)14-10-6-9-13-19-15-16(2)3/h7-8,11-12,16,19H,5-6,9-10,13-15H2,1-4H3.